The third kappa shape index (κ3) is 2.97. The molecule has 0 aliphatic carbocycles. The van der Waals surface area contributed by atoms with Crippen molar-refractivity contribution in [1.29, 1.82) is 5.26 Å². The highest BCUT2D eigenvalue weighted by atomic mass is 16.5. The number of nitriles is 1. The lowest BCUT2D eigenvalue weighted by Crippen LogP contribution is -2.37. The smallest absolute Gasteiger partial charge is 0.209 e. The molecule has 2 rings (SSSR count). The van der Waals surface area contributed by atoms with Crippen LogP contribution in [0.4, 0.5) is 0 Å². The first-order chi connectivity index (χ1) is 8.31. The number of amides is 1. The van der Waals surface area contributed by atoms with E-state index in [1.165, 1.54) is 0 Å². The van der Waals surface area contributed by atoms with Gasteiger partial charge in [0.15, 0.2) is 0 Å². The van der Waals surface area contributed by atoms with Crippen molar-refractivity contribution < 1.29 is 9.53 Å². The number of hydrogen-bond donors (Lipinski definition) is 0. The summed E-state index contributed by atoms with van der Waals surface area (Å²) in [6.45, 7) is 1.51. The molecule has 1 heterocycles. The molecule has 0 aromatic heterocycles. The minimum Gasteiger partial charge on any atom is -0.490 e. The quantitative estimate of drug-likeness (QED) is 0.740. The summed E-state index contributed by atoms with van der Waals surface area (Å²) >= 11 is 0. The van der Waals surface area contributed by atoms with Gasteiger partial charge in [-0.3, -0.25) is 4.79 Å². The second-order valence-electron chi connectivity index (χ2n) is 4.09. The summed E-state index contributed by atoms with van der Waals surface area (Å²) in [5, 5.41) is 8.68. The summed E-state index contributed by atoms with van der Waals surface area (Å²) in [5.74, 6) is 0.786. The van der Waals surface area contributed by atoms with Crippen molar-refractivity contribution in [2.75, 3.05) is 13.1 Å². The Kier molecular flexibility index (Phi) is 3.61. The minimum absolute atomic E-state index is 0.166. The molecule has 0 atom stereocenters. The van der Waals surface area contributed by atoms with Crippen molar-refractivity contribution in [3.8, 4) is 11.8 Å². The zero-order valence-corrected chi connectivity index (χ0v) is 9.50. The first-order valence-corrected chi connectivity index (χ1v) is 5.68. The average Bonchev–Trinajstić information content (AvgIpc) is 2.40. The SMILES string of the molecule is N#Cc1ccc(OC2CCN(C=O)CC2)cc1. The zero-order valence-electron chi connectivity index (χ0n) is 9.50. The molecule has 4 nitrogen and oxygen atoms in total. The topological polar surface area (TPSA) is 53.3 Å². The van der Waals surface area contributed by atoms with Gasteiger partial charge in [-0.2, -0.15) is 5.26 Å². The van der Waals surface area contributed by atoms with Crippen LogP contribution in [0, 0.1) is 11.3 Å². The number of likely N-dealkylation sites (tertiary alicyclic amines) is 1. The Morgan fingerprint density at radius 3 is 2.47 bits per heavy atom. The van der Waals surface area contributed by atoms with Crippen LogP contribution in [0.15, 0.2) is 24.3 Å². The number of rotatable bonds is 3. The molecule has 88 valence electrons. The van der Waals surface area contributed by atoms with Gasteiger partial charge in [0, 0.05) is 25.9 Å². The van der Waals surface area contributed by atoms with E-state index < -0.39 is 0 Å². The van der Waals surface area contributed by atoms with E-state index in [0.717, 1.165) is 38.1 Å². The summed E-state index contributed by atoms with van der Waals surface area (Å²) in [6, 6.07) is 9.18. The normalized spacial score (nSPS) is 16.3. The highest BCUT2D eigenvalue weighted by molar-refractivity contribution is 5.47. The van der Waals surface area contributed by atoms with E-state index in [4.69, 9.17) is 10.00 Å². The molecule has 1 fully saturated rings. The molecule has 1 amide bonds. The van der Waals surface area contributed by atoms with Crippen LogP contribution in [0.2, 0.25) is 0 Å². The van der Waals surface area contributed by atoms with Gasteiger partial charge in [0.05, 0.1) is 11.6 Å². The lowest BCUT2D eigenvalue weighted by molar-refractivity contribution is -0.119. The molecule has 4 heteroatoms. The maximum atomic E-state index is 10.5. The van der Waals surface area contributed by atoms with Crippen LogP contribution in [0.25, 0.3) is 0 Å². The Bertz CT molecular complexity index is 414. The second-order valence-corrected chi connectivity index (χ2v) is 4.09. The fraction of sp³-hybridized carbons (Fsp3) is 0.385. The molecule has 1 aliphatic heterocycles. The van der Waals surface area contributed by atoms with Gasteiger partial charge in [-0.15, -0.1) is 0 Å². The van der Waals surface area contributed by atoms with Gasteiger partial charge in [-0.05, 0) is 24.3 Å². The maximum Gasteiger partial charge on any atom is 0.209 e. The van der Waals surface area contributed by atoms with Gasteiger partial charge >= 0.3 is 0 Å². The molecule has 0 bridgehead atoms. The third-order valence-electron chi connectivity index (χ3n) is 2.91. The fourth-order valence-corrected chi connectivity index (χ4v) is 1.90. The second kappa shape index (κ2) is 5.35. The Hall–Kier alpha value is -2.02. The lowest BCUT2D eigenvalue weighted by atomic mass is 10.1. The van der Waals surface area contributed by atoms with Crippen LogP contribution in [-0.2, 0) is 4.79 Å². The van der Waals surface area contributed by atoms with Crippen molar-refractivity contribution >= 4 is 6.41 Å². The van der Waals surface area contributed by atoms with Crippen molar-refractivity contribution in [3.05, 3.63) is 29.8 Å². The van der Waals surface area contributed by atoms with Crippen LogP contribution in [0.3, 0.4) is 0 Å². The summed E-state index contributed by atoms with van der Waals surface area (Å²) in [5.41, 5.74) is 0.633. The predicted molar refractivity (Wildman–Crippen MR) is 62.4 cm³/mol. The first-order valence-electron chi connectivity index (χ1n) is 5.68. The number of hydrogen-bond acceptors (Lipinski definition) is 3. The van der Waals surface area contributed by atoms with Crippen molar-refractivity contribution in [2.45, 2.75) is 18.9 Å². The maximum absolute atomic E-state index is 10.5. The van der Waals surface area contributed by atoms with E-state index in [-0.39, 0.29) is 6.10 Å². The number of ether oxygens (including phenoxy) is 1. The molecule has 0 N–H and O–H groups in total. The van der Waals surface area contributed by atoms with Gasteiger partial charge in [-0.1, -0.05) is 0 Å². The third-order valence-corrected chi connectivity index (χ3v) is 2.91. The molecular formula is C13H14N2O2. The van der Waals surface area contributed by atoms with Gasteiger partial charge < -0.3 is 9.64 Å². The molecular weight excluding hydrogens is 216 g/mol. The lowest BCUT2D eigenvalue weighted by Gasteiger charge is -2.29. The molecule has 1 aliphatic rings. The van der Waals surface area contributed by atoms with Crippen LogP contribution in [0.1, 0.15) is 18.4 Å². The molecule has 0 spiro atoms. The van der Waals surface area contributed by atoms with Crippen LogP contribution in [-0.4, -0.2) is 30.5 Å². The predicted octanol–water partition coefficient (Wildman–Crippen LogP) is 1.56. The molecule has 0 saturated carbocycles. The highest BCUT2D eigenvalue weighted by Gasteiger charge is 2.19. The van der Waals surface area contributed by atoms with Crippen LogP contribution in [0.5, 0.6) is 5.75 Å². The Morgan fingerprint density at radius 1 is 1.29 bits per heavy atom. The monoisotopic (exact) mass is 230 g/mol. The van der Waals surface area contributed by atoms with Crippen LogP contribution >= 0.6 is 0 Å². The highest BCUT2D eigenvalue weighted by Crippen LogP contribution is 2.18. The fourth-order valence-electron chi connectivity index (χ4n) is 1.90. The number of carbonyl (C=O) groups is 1. The Balaban J connectivity index is 1.89. The molecule has 1 aromatic rings. The molecule has 0 radical (unpaired) electrons. The van der Waals surface area contributed by atoms with Gasteiger partial charge in [0.2, 0.25) is 6.41 Å². The van der Waals surface area contributed by atoms with Gasteiger partial charge in [-0.25, -0.2) is 0 Å². The van der Waals surface area contributed by atoms with Gasteiger partial charge in [0.25, 0.3) is 0 Å². The standard InChI is InChI=1S/C13H14N2O2/c14-9-11-1-3-12(4-2-11)17-13-5-7-15(10-16)8-6-13/h1-4,10,13H,5-8H2. The molecule has 0 unspecified atom stereocenters. The first kappa shape index (κ1) is 11.5. The van der Waals surface area contributed by atoms with E-state index in [9.17, 15) is 4.79 Å². The number of piperidine rings is 1. The Labute approximate surface area is 100 Å². The number of benzene rings is 1. The van der Waals surface area contributed by atoms with E-state index >= 15 is 0 Å². The van der Waals surface area contributed by atoms with Crippen molar-refractivity contribution in [3.63, 3.8) is 0 Å². The molecule has 1 saturated heterocycles. The summed E-state index contributed by atoms with van der Waals surface area (Å²) in [6.07, 6.45) is 2.77. The Morgan fingerprint density at radius 2 is 1.94 bits per heavy atom. The van der Waals surface area contributed by atoms with Gasteiger partial charge in [0.1, 0.15) is 11.9 Å². The van der Waals surface area contributed by atoms with E-state index in [1.807, 2.05) is 12.1 Å². The minimum atomic E-state index is 0.166. The summed E-state index contributed by atoms with van der Waals surface area (Å²) in [4.78, 5) is 12.3. The number of nitrogens with zero attached hydrogens (tertiary/aromatic N) is 2. The van der Waals surface area contributed by atoms with E-state index in [0.29, 0.717) is 5.56 Å². The summed E-state index contributed by atoms with van der Waals surface area (Å²) < 4.78 is 5.80. The molecule has 1 aromatic carbocycles. The van der Waals surface area contributed by atoms with Crippen molar-refractivity contribution in [1.82, 2.24) is 4.90 Å². The van der Waals surface area contributed by atoms with Crippen molar-refractivity contribution in [2.24, 2.45) is 0 Å². The van der Waals surface area contributed by atoms with E-state index in [1.54, 1.807) is 17.0 Å². The zero-order chi connectivity index (χ0) is 12.1. The average molecular weight is 230 g/mol. The number of carbonyl (C=O) groups excluding carboxylic acids is 1. The van der Waals surface area contributed by atoms with E-state index in [2.05, 4.69) is 6.07 Å². The largest absolute Gasteiger partial charge is 0.490 e. The van der Waals surface area contributed by atoms with Crippen LogP contribution < -0.4 is 4.74 Å². The molecule has 17 heavy (non-hydrogen) atoms. The summed E-state index contributed by atoms with van der Waals surface area (Å²) in [7, 11) is 0.